The van der Waals surface area contributed by atoms with Crippen LogP contribution in [0, 0.1) is 0 Å². The van der Waals surface area contributed by atoms with Gasteiger partial charge in [-0.25, -0.2) is 0 Å². The van der Waals surface area contributed by atoms with Crippen molar-refractivity contribution in [1.82, 2.24) is 0 Å². The third-order valence-electron chi connectivity index (χ3n) is 13.0. The minimum Gasteiger partial charge on any atom is -0.0616 e. The van der Waals surface area contributed by atoms with E-state index < -0.39 is 0 Å². The lowest BCUT2D eigenvalue weighted by atomic mass is 9.83. The van der Waals surface area contributed by atoms with Gasteiger partial charge in [0, 0.05) is 0 Å². The Kier molecular flexibility index (Phi) is 7.11. The molecule has 13 aromatic rings. The molecule has 60 heavy (non-hydrogen) atoms. The molecule has 0 nitrogen and oxygen atoms in total. The average Bonchev–Trinajstić information content (AvgIpc) is 3.29. The van der Waals surface area contributed by atoms with E-state index in [0.29, 0.717) is 0 Å². The molecule has 0 heterocycles. The summed E-state index contributed by atoms with van der Waals surface area (Å²) >= 11 is 0. The number of benzene rings is 13. The number of fused-ring (bicyclic) bond motifs is 9. The zero-order chi connectivity index (χ0) is 39.3. The van der Waals surface area contributed by atoms with Crippen LogP contribution in [-0.4, -0.2) is 0 Å². The van der Waals surface area contributed by atoms with E-state index in [1.807, 2.05) is 0 Å². The lowest BCUT2D eigenvalue weighted by Crippen LogP contribution is -1.93. The first-order valence-corrected chi connectivity index (χ1v) is 20.9. The largest absolute Gasteiger partial charge is 0.0616 e. The van der Waals surface area contributed by atoms with Crippen molar-refractivity contribution in [3.8, 4) is 33.4 Å². The minimum absolute atomic E-state index is 1.21. The number of hydrogen-bond acceptors (Lipinski definition) is 0. The van der Waals surface area contributed by atoms with E-state index in [1.54, 1.807) is 0 Å². The molecule has 0 saturated heterocycles. The highest BCUT2D eigenvalue weighted by atomic mass is 14.2. The van der Waals surface area contributed by atoms with Crippen molar-refractivity contribution < 1.29 is 0 Å². The smallest absolute Gasteiger partial charge is 0.00262 e. The summed E-state index contributed by atoms with van der Waals surface area (Å²) < 4.78 is 0. The molecule has 0 aromatic heterocycles. The highest BCUT2D eigenvalue weighted by molar-refractivity contribution is 6.21. The molecular formula is C60H36. The number of rotatable bonds is 3. The van der Waals surface area contributed by atoms with Gasteiger partial charge in [0.2, 0.25) is 0 Å². The summed E-state index contributed by atoms with van der Waals surface area (Å²) in [6.45, 7) is 0. The fourth-order valence-electron chi connectivity index (χ4n) is 10.3. The van der Waals surface area contributed by atoms with Crippen LogP contribution in [0.2, 0.25) is 0 Å². The topological polar surface area (TPSA) is 0 Å². The van der Waals surface area contributed by atoms with Crippen LogP contribution in [-0.2, 0) is 0 Å². The quantitative estimate of drug-likeness (QED) is 0.158. The van der Waals surface area contributed by atoms with Crippen LogP contribution in [0.5, 0.6) is 0 Å². The fourth-order valence-corrected chi connectivity index (χ4v) is 10.3. The van der Waals surface area contributed by atoms with Crippen LogP contribution in [0.1, 0.15) is 0 Å². The van der Waals surface area contributed by atoms with Crippen molar-refractivity contribution in [2.75, 3.05) is 0 Å². The van der Waals surface area contributed by atoms with Gasteiger partial charge in [-0.1, -0.05) is 146 Å². The molecule has 0 bridgehead atoms. The van der Waals surface area contributed by atoms with Crippen LogP contribution in [0.25, 0.3) is 130 Å². The van der Waals surface area contributed by atoms with Gasteiger partial charge in [-0.2, -0.15) is 0 Å². The van der Waals surface area contributed by atoms with Gasteiger partial charge in [-0.15, -0.1) is 0 Å². The molecule has 0 N–H and O–H groups in total. The van der Waals surface area contributed by atoms with Crippen molar-refractivity contribution in [3.05, 3.63) is 218 Å². The molecule has 0 aliphatic carbocycles. The molecule has 0 radical (unpaired) electrons. The van der Waals surface area contributed by atoms with Crippen LogP contribution >= 0.6 is 0 Å². The zero-order valence-electron chi connectivity index (χ0n) is 32.8. The highest BCUT2D eigenvalue weighted by Crippen LogP contribution is 2.47. The Hall–Kier alpha value is -7.80. The van der Waals surface area contributed by atoms with Crippen LogP contribution < -0.4 is 0 Å². The Morgan fingerprint density at radius 3 is 0.650 bits per heavy atom. The third-order valence-corrected chi connectivity index (χ3v) is 13.0. The van der Waals surface area contributed by atoms with E-state index >= 15 is 0 Å². The molecular weight excluding hydrogens is 721 g/mol. The van der Waals surface area contributed by atoms with Gasteiger partial charge in [0.05, 0.1) is 0 Å². The Labute approximate surface area is 347 Å². The molecule has 0 fully saturated rings. The monoisotopic (exact) mass is 756 g/mol. The first-order valence-electron chi connectivity index (χ1n) is 20.9. The third kappa shape index (κ3) is 5.11. The van der Waals surface area contributed by atoms with Crippen LogP contribution in [0.15, 0.2) is 218 Å². The van der Waals surface area contributed by atoms with Gasteiger partial charge in [-0.3, -0.25) is 0 Å². The van der Waals surface area contributed by atoms with Gasteiger partial charge >= 0.3 is 0 Å². The Bertz CT molecular complexity index is 3500. The Balaban J connectivity index is 1.23. The standard InChI is InChI=1S/C60H36/c1-4-16-40-34-55-46(25-37(40)13-1)28-43-19-7-10-22-52(43)58(55)49-31-50(59-53-23-11-8-20-44(53)29-47-26-38-14-2-5-17-41(38)35-56(47)59)33-51(32-49)60-54-24-12-9-21-45(54)30-48-27-39-15-3-6-18-42(39)36-57(48)60/h1-36H. The van der Waals surface area contributed by atoms with E-state index in [-0.39, 0.29) is 0 Å². The van der Waals surface area contributed by atoms with Gasteiger partial charge in [0.15, 0.2) is 0 Å². The summed E-state index contributed by atoms with van der Waals surface area (Å²) in [5.41, 5.74) is 7.43. The number of hydrogen-bond donors (Lipinski definition) is 0. The maximum atomic E-state index is 2.49. The first-order chi connectivity index (χ1) is 29.7. The molecule has 0 amide bonds. The fraction of sp³-hybridized carbons (Fsp3) is 0. The second-order valence-electron chi connectivity index (χ2n) is 16.5. The molecule has 0 spiro atoms. The Morgan fingerprint density at radius 1 is 0.150 bits per heavy atom. The summed E-state index contributed by atoms with van der Waals surface area (Å²) in [5.74, 6) is 0. The summed E-state index contributed by atoms with van der Waals surface area (Å²) in [6.07, 6.45) is 0. The van der Waals surface area contributed by atoms with E-state index in [0.717, 1.165) is 0 Å². The van der Waals surface area contributed by atoms with Crippen molar-refractivity contribution in [1.29, 1.82) is 0 Å². The second-order valence-corrected chi connectivity index (χ2v) is 16.5. The van der Waals surface area contributed by atoms with Crippen molar-refractivity contribution >= 4 is 97.0 Å². The normalized spacial score (nSPS) is 12.0. The molecule has 13 aromatic carbocycles. The van der Waals surface area contributed by atoms with Crippen molar-refractivity contribution in [2.45, 2.75) is 0 Å². The van der Waals surface area contributed by atoms with Gasteiger partial charge < -0.3 is 0 Å². The lowest BCUT2D eigenvalue weighted by molar-refractivity contribution is 1.64. The maximum absolute atomic E-state index is 2.49. The van der Waals surface area contributed by atoms with E-state index in [2.05, 4.69) is 218 Å². The molecule has 0 atom stereocenters. The highest BCUT2D eigenvalue weighted by Gasteiger charge is 2.20. The lowest BCUT2D eigenvalue weighted by Gasteiger charge is -2.20. The van der Waals surface area contributed by atoms with Gasteiger partial charge in [-0.05, 0) is 203 Å². The molecule has 0 unspecified atom stereocenters. The van der Waals surface area contributed by atoms with E-state index in [9.17, 15) is 0 Å². The molecule has 0 heteroatoms. The van der Waals surface area contributed by atoms with E-state index in [4.69, 9.17) is 0 Å². The van der Waals surface area contributed by atoms with Gasteiger partial charge in [0.1, 0.15) is 0 Å². The predicted octanol–water partition coefficient (Wildman–Crippen LogP) is 17.1. The predicted molar refractivity (Wildman–Crippen MR) is 260 cm³/mol. The van der Waals surface area contributed by atoms with Crippen molar-refractivity contribution in [2.24, 2.45) is 0 Å². The molecule has 276 valence electrons. The van der Waals surface area contributed by atoms with Crippen molar-refractivity contribution in [3.63, 3.8) is 0 Å². The second kappa shape index (κ2) is 12.9. The summed E-state index contributed by atoms with van der Waals surface area (Å²) in [6, 6.07) is 82.0. The molecule has 0 aliphatic heterocycles. The maximum Gasteiger partial charge on any atom is -0.00262 e. The zero-order valence-corrected chi connectivity index (χ0v) is 32.8. The van der Waals surface area contributed by atoms with Crippen LogP contribution in [0.4, 0.5) is 0 Å². The minimum atomic E-state index is 1.21. The molecule has 13 rings (SSSR count). The summed E-state index contributed by atoms with van der Waals surface area (Å²) in [5, 5.41) is 22.5. The molecule has 0 saturated carbocycles. The van der Waals surface area contributed by atoms with E-state index in [1.165, 1.54) is 130 Å². The average molecular weight is 757 g/mol. The first kappa shape index (κ1) is 33.2. The summed E-state index contributed by atoms with van der Waals surface area (Å²) in [4.78, 5) is 0. The van der Waals surface area contributed by atoms with Crippen LogP contribution in [0.3, 0.4) is 0 Å². The Morgan fingerprint density at radius 2 is 0.367 bits per heavy atom. The van der Waals surface area contributed by atoms with Gasteiger partial charge in [0.25, 0.3) is 0 Å². The molecule has 0 aliphatic rings. The summed E-state index contributed by atoms with van der Waals surface area (Å²) in [7, 11) is 0. The SMILES string of the molecule is c1ccc2cc3c(-c4cc(-c5c6ccccc6cc6cc7ccccc7cc56)cc(-c5c6ccccc6cc6cc7ccccc7cc56)c4)c4ccccc4cc3cc2c1.